The summed E-state index contributed by atoms with van der Waals surface area (Å²) in [6, 6.07) is 14.4. The number of aliphatic hydroxyl groups is 1. The number of fused-ring (bicyclic) bond motifs is 2. The molecule has 2 N–H and O–H groups in total. The number of hydrogen-bond acceptors (Lipinski definition) is 6. The van der Waals surface area contributed by atoms with E-state index in [0.29, 0.717) is 44.9 Å². The van der Waals surface area contributed by atoms with E-state index in [9.17, 15) is 15.2 Å². The molecule has 0 spiro atoms. The summed E-state index contributed by atoms with van der Waals surface area (Å²) in [4.78, 5) is 25.3. The molecule has 9 heteroatoms. The van der Waals surface area contributed by atoms with Gasteiger partial charge in [0.25, 0.3) is 5.56 Å². The number of nitrogens with one attached hydrogen (secondary N) is 1. The van der Waals surface area contributed by atoms with Crippen molar-refractivity contribution in [3.8, 4) is 6.07 Å². The van der Waals surface area contributed by atoms with Gasteiger partial charge < -0.3 is 10.1 Å². The predicted molar refractivity (Wildman–Crippen MR) is 132 cm³/mol. The largest absolute Gasteiger partial charge is 0.510 e. The number of imidazole rings is 1. The van der Waals surface area contributed by atoms with E-state index in [4.69, 9.17) is 11.6 Å². The molecule has 0 aliphatic rings. The van der Waals surface area contributed by atoms with Gasteiger partial charge in [-0.3, -0.25) is 9.36 Å². The Morgan fingerprint density at radius 3 is 2.76 bits per heavy atom. The van der Waals surface area contributed by atoms with Crippen LogP contribution < -0.4 is 5.56 Å². The number of benzene rings is 2. The van der Waals surface area contributed by atoms with Gasteiger partial charge in [-0.2, -0.15) is 5.26 Å². The Labute approximate surface area is 199 Å². The van der Waals surface area contributed by atoms with Gasteiger partial charge in [-0.15, -0.1) is 0 Å². The third-order valence-corrected chi connectivity index (χ3v) is 6.40. The molecule has 0 amide bonds. The van der Waals surface area contributed by atoms with Crippen molar-refractivity contribution in [3.05, 3.63) is 69.4 Å². The topological polar surface area (TPSA) is 108 Å². The summed E-state index contributed by atoms with van der Waals surface area (Å²) in [6.45, 7) is 4.68. The zero-order chi connectivity index (χ0) is 23.5. The molecule has 0 aliphatic carbocycles. The van der Waals surface area contributed by atoms with Crippen molar-refractivity contribution in [2.24, 2.45) is 5.92 Å². The maximum Gasteiger partial charge on any atom is 0.262 e. The van der Waals surface area contributed by atoms with Crippen LogP contribution in [-0.4, -0.2) is 30.4 Å². The number of rotatable bonds is 7. The summed E-state index contributed by atoms with van der Waals surface area (Å²) in [6.07, 6.45) is 0.804. The fourth-order valence-electron chi connectivity index (χ4n) is 3.40. The predicted octanol–water partition coefficient (Wildman–Crippen LogP) is 5.56. The lowest BCUT2D eigenvalue weighted by atomic mass is 10.1. The highest BCUT2D eigenvalue weighted by Crippen LogP contribution is 2.25. The first-order valence-electron chi connectivity index (χ1n) is 10.5. The molecule has 2 aromatic heterocycles. The average Bonchev–Trinajstić information content (AvgIpc) is 3.21. The monoisotopic (exact) mass is 479 g/mol. The number of aromatic amines is 1. The molecule has 2 aromatic carbocycles. The van der Waals surface area contributed by atoms with Crippen LogP contribution in [0.1, 0.15) is 26.1 Å². The molecule has 0 bridgehead atoms. The number of nitriles is 1. The molecule has 4 rings (SSSR count). The van der Waals surface area contributed by atoms with Crippen LogP contribution in [0, 0.1) is 17.2 Å². The number of H-pyrrole nitrogens is 1. The van der Waals surface area contributed by atoms with Crippen LogP contribution in [0.4, 0.5) is 0 Å². The minimum atomic E-state index is -0.152. The molecular formula is C24H22ClN5O2S. The SMILES string of the molecule is CC(C)CCn1c(SCC(O)=C(C#N)c2nc3ccccc3[nH]2)nc2cc(Cl)ccc2c1=O. The Morgan fingerprint density at radius 1 is 1.24 bits per heavy atom. The summed E-state index contributed by atoms with van der Waals surface area (Å²) in [7, 11) is 0. The van der Waals surface area contributed by atoms with Crippen LogP contribution in [0.5, 0.6) is 0 Å². The lowest BCUT2D eigenvalue weighted by Crippen LogP contribution is -2.24. The normalized spacial score (nSPS) is 12.3. The van der Waals surface area contributed by atoms with Gasteiger partial charge in [-0.1, -0.05) is 49.3 Å². The van der Waals surface area contributed by atoms with Gasteiger partial charge in [0, 0.05) is 11.6 Å². The Bertz CT molecular complexity index is 1430. The zero-order valence-corrected chi connectivity index (χ0v) is 19.7. The number of aromatic nitrogens is 4. The van der Waals surface area contributed by atoms with E-state index in [1.807, 2.05) is 30.3 Å². The smallest absolute Gasteiger partial charge is 0.262 e. The van der Waals surface area contributed by atoms with Gasteiger partial charge in [-0.05, 0) is 42.7 Å². The van der Waals surface area contributed by atoms with E-state index >= 15 is 0 Å². The number of hydrogen-bond donors (Lipinski definition) is 2. The molecule has 0 atom stereocenters. The average molecular weight is 480 g/mol. The first-order chi connectivity index (χ1) is 15.9. The van der Waals surface area contributed by atoms with Gasteiger partial charge in [-0.25, -0.2) is 9.97 Å². The number of nitrogens with zero attached hydrogens (tertiary/aromatic N) is 4. The molecular weight excluding hydrogens is 458 g/mol. The van der Waals surface area contributed by atoms with E-state index in [1.54, 1.807) is 22.8 Å². The maximum atomic E-state index is 13.2. The number of thioether (sulfide) groups is 1. The lowest BCUT2D eigenvalue weighted by Gasteiger charge is -2.14. The molecule has 0 fully saturated rings. The van der Waals surface area contributed by atoms with Crippen molar-refractivity contribution < 1.29 is 5.11 Å². The quantitative estimate of drug-likeness (QED) is 0.155. The van der Waals surface area contributed by atoms with E-state index in [2.05, 4.69) is 28.8 Å². The van der Waals surface area contributed by atoms with Gasteiger partial charge in [0.2, 0.25) is 0 Å². The fraction of sp³-hybridized carbons (Fsp3) is 0.250. The molecule has 0 saturated heterocycles. The molecule has 0 aliphatic heterocycles. The van der Waals surface area contributed by atoms with Crippen LogP contribution >= 0.6 is 23.4 Å². The zero-order valence-electron chi connectivity index (χ0n) is 18.2. The third-order valence-electron chi connectivity index (χ3n) is 5.18. The van der Waals surface area contributed by atoms with E-state index in [1.165, 1.54) is 11.8 Å². The molecule has 4 aromatic rings. The van der Waals surface area contributed by atoms with Crippen molar-refractivity contribution in [1.82, 2.24) is 19.5 Å². The number of para-hydroxylation sites is 2. The summed E-state index contributed by atoms with van der Waals surface area (Å²) in [5, 5.41) is 21.8. The summed E-state index contributed by atoms with van der Waals surface area (Å²) in [5.41, 5.74) is 1.88. The fourth-order valence-corrected chi connectivity index (χ4v) is 4.47. The van der Waals surface area contributed by atoms with Crippen molar-refractivity contribution >= 4 is 50.9 Å². The third kappa shape index (κ3) is 4.90. The Kier molecular flexibility index (Phi) is 6.72. The summed E-state index contributed by atoms with van der Waals surface area (Å²) < 4.78 is 1.63. The highest BCUT2D eigenvalue weighted by atomic mass is 35.5. The lowest BCUT2D eigenvalue weighted by molar-refractivity contribution is 0.420. The van der Waals surface area contributed by atoms with Crippen molar-refractivity contribution in [3.63, 3.8) is 0 Å². The molecule has 33 heavy (non-hydrogen) atoms. The van der Waals surface area contributed by atoms with Gasteiger partial charge in [0.1, 0.15) is 17.4 Å². The molecule has 7 nitrogen and oxygen atoms in total. The Balaban J connectivity index is 1.70. The van der Waals surface area contributed by atoms with Gasteiger partial charge >= 0.3 is 0 Å². The molecule has 168 valence electrons. The standard InChI is InChI=1S/C24H22ClN5O2S/c1-14(2)9-10-30-23(32)16-8-7-15(25)11-20(16)29-24(30)33-13-21(31)17(12-26)22-27-18-5-3-4-6-19(18)28-22/h3-8,11,14,31H,9-10,13H2,1-2H3,(H,27,28). The number of aliphatic hydroxyl groups excluding tert-OH is 1. The van der Waals surface area contributed by atoms with Crippen LogP contribution in [-0.2, 0) is 6.54 Å². The number of allylic oxidation sites excluding steroid dienone is 1. The first-order valence-corrected chi connectivity index (χ1v) is 11.8. The Hall–Kier alpha value is -3.28. The van der Waals surface area contributed by atoms with Crippen LogP contribution in [0.15, 0.2) is 58.2 Å². The van der Waals surface area contributed by atoms with Gasteiger partial charge in [0.05, 0.1) is 27.7 Å². The highest BCUT2D eigenvalue weighted by Gasteiger charge is 2.17. The van der Waals surface area contributed by atoms with E-state index in [-0.39, 0.29) is 22.6 Å². The summed E-state index contributed by atoms with van der Waals surface area (Å²) >= 11 is 7.30. The van der Waals surface area contributed by atoms with E-state index < -0.39 is 0 Å². The molecule has 0 unspecified atom stereocenters. The summed E-state index contributed by atoms with van der Waals surface area (Å²) in [5.74, 6) is 0.618. The second-order valence-electron chi connectivity index (χ2n) is 8.02. The van der Waals surface area contributed by atoms with Crippen LogP contribution in [0.2, 0.25) is 5.02 Å². The second-order valence-corrected chi connectivity index (χ2v) is 9.40. The maximum absolute atomic E-state index is 13.2. The molecule has 0 radical (unpaired) electrons. The van der Waals surface area contributed by atoms with E-state index in [0.717, 1.165) is 11.9 Å². The first kappa shape index (κ1) is 22.9. The molecule has 0 saturated carbocycles. The minimum Gasteiger partial charge on any atom is -0.510 e. The highest BCUT2D eigenvalue weighted by molar-refractivity contribution is 7.99. The Morgan fingerprint density at radius 2 is 2.03 bits per heavy atom. The number of halogens is 1. The van der Waals surface area contributed by atoms with Gasteiger partial charge in [0.15, 0.2) is 11.0 Å². The van der Waals surface area contributed by atoms with Crippen molar-refractivity contribution in [2.75, 3.05) is 5.75 Å². The molecule has 2 heterocycles. The van der Waals surface area contributed by atoms with Crippen molar-refractivity contribution in [1.29, 1.82) is 5.26 Å². The van der Waals surface area contributed by atoms with Crippen LogP contribution in [0.3, 0.4) is 0 Å². The minimum absolute atomic E-state index is 0.0543. The second kappa shape index (κ2) is 9.69. The van der Waals surface area contributed by atoms with Crippen LogP contribution in [0.25, 0.3) is 27.5 Å². The van der Waals surface area contributed by atoms with Crippen molar-refractivity contribution in [2.45, 2.75) is 32.0 Å².